The van der Waals surface area contributed by atoms with Crippen molar-refractivity contribution in [2.45, 2.75) is 33.6 Å². The second-order valence-corrected chi connectivity index (χ2v) is 5.84. The van der Waals surface area contributed by atoms with Gasteiger partial charge in [-0.2, -0.15) is 0 Å². The highest BCUT2D eigenvalue weighted by Crippen LogP contribution is 2.31. The Hall–Kier alpha value is -1.51. The highest BCUT2D eigenvalue weighted by Gasteiger charge is 2.17. The van der Waals surface area contributed by atoms with Crippen LogP contribution in [0.5, 0.6) is 11.5 Å². The van der Waals surface area contributed by atoms with Crippen molar-refractivity contribution >= 4 is 5.78 Å². The van der Waals surface area contributed by atoms with Gasteiger partial charge < -0.3 is 9.47 Å². The summed E-state index contributed by atoms with van der Waals surface area (Å²) in [6, 6.07) is 5.43. The summed E-state index contributed by atoms with van der Waals surface area (Å²) in [5, 5.41) is 0. The number of rotatable bonds is 3. The van der Waals surface area contributed by atoms with Gasteiger partial charge in [-0.15, -0.1) is 0 Å². The summed E-state index contributed by atoms with van der Waals surface area (Å²) in [4.78, 5) is 12.1. The van der Waals surface area contributed by atoms with Gasteiger partial charge in [-0.25, -0.2) is 0 Å². The molecule has 1 aromatic carbocycles. The van der Waals surface area contributed by atoms with Crippen molar-refractivity contribution in [1.82, 2.24) is 0 Å². The van der Waals surface area contributed by atoms with Gasteiger partial charge in [0.1, 0.15) is 13.2 Å². The van der Waals surface area contributed by atoms with Gasteiger partial charge in [0.05, 0.1) is 0 Å². The quantitative estimate of drug-likeness (QED) is 0.768. The molecule has 3 heteroatoms. The molecule has 1 aliphatic rings. The lowest BCUT2D eigenvalue weighted by Gasteiger charge is -2.19. The second-order valence-electron chi connectivity index (χ2n) is 5.84. The molecule has 0 N–H and O–H groups in total. The summed E-state index contributed by atoms with van der Waals surface area (Å²) in [5.74, 6) is 1.58. The van der Waals surface area contributed by atoms with E-state index in [1.165, 1.54) is 0 Å². The van der Waals surface area contributed by atoms with E-state index in [-0.39, 0.29) is 11.2 Å². The molecule has 0 saturated heterocycles. The third-order valence-electron chi connectivity index (χ3n) is 2.97. The highest BCUT2D eigenvalue weighted by atomic mass is 16.6. The number of ether oxygens (including phenoxy) is 2. The molecule has 0 atom stereocenters. The fourth-order valence-electron chi connectivity index (χ4n) is 1.85. The van der Waals surface area contributed by atoms with Crippen LogP contribution in [-0.2, 0) is 0 Å². The Kier molecular flexibility index (Phi) is 3.60. The standard InChI is InChI=1S/C15H20O3/c1-15(2,3)7-6-12(16)11-4-5-13-14(10-11)18-9-8-17-13/h4-5,10H,6-9H2,1-3H3. The first-order chi connectivity index (χ1) is 8.46. The minimum absolute atomic E-state index is 0.168. The SMILES string of the molecule is CC(C)(C)CCC(=O)c1ccc2c(c1)OCCO2. The van der Waals surface area contributed by atoms with Crippen LogP contribution in [-0.4, -0.2) is 19.0 Å². The smallest absolute Gasteiger partial charge is 0.163 e. The first kappa shape index (κ1) is 12.9. The zero-order valence-corrected chi connectivity index (χ0v) is 11.3. The topological polar surface area (TPSA) is 35.5 Å². The third-order valence-corrected chi connectivity index (χ3v) is 2.97. The zero-order chi connectivity index (χ0) is 13.2. The monoisotopic (exact) mass is 248 g/mol. The number of hydrogen-bond donors (Lipinski definition) is 0. The molecule has 3 nitrogen and oxygen atoms in total. The van der Waals surface area contributed by atoms with E-state index in [0.29, 0.717) is 30.9 Å². The van der Waals surface area contributed by atoms with Gasteiger partial charge >= 0.3 is 0 Å². The number of ketones is 1. The summed E-state index contributed by atoms with van der Waals surface area (Å²) in [6.45, 7) is 7.55. The van der Waals surface area contributed by atoms with Crippen molar-refractivity contribution in [1.29, 1.82) is 0 Å². The maximum Gasteiger partial charge on any atom is 0.163 e. The summed E-state index contributed by atoms with van der Waals surface area (Å²) < 4.78 is 10.9. The maximum atomic E-state index is 12.1. The molecule has 1 heterocycles. The van der Waals surface area contributed by atoms with E-state index in [1.807, 2.05) is 12.1 Å². The number of hydrogen-bond acceptors (Lipinski definition) is 3. The molecule has 0 bridgehead atoms. The van der Waals surface area contributed by atoms with E-state index in [2.05, 4.69) is 20.8 Å². The maximum absolute atomic E-state index is 12.1. The molecule has 0 fully saturated rings. The van der Waals surface area contributed by atoms with Crippen molar-refractivity contribution in [2.24, 2.45) is 5.41 Å². The van der Waals surface area contributed by atoms with Crippen LogP contribution in [0.1, 0.15) is 44.0 Å². The van der Waals surface area contributed by atoms with Gasteiger partial charge in [0, 0.05) is 12.0 Å². The van der Waals surface area contributed by atoms with Crippen LogP contribution in [0.4, 0.5) is 0 Å². The Labute approximate surface area is 108 Å². The van der Waals surface area contributed by atoms with E-state index in [1.54, 1.807) is 6.07 Å². The van der Waals surface area contributed by atoms with Gasteiger partial charge in [-0.3, -0.25) is 4.79 Å². The van der Waals surface area contributed by atoms with Crippen LogP contribution in [0.2, 0.25) is 0 Å². The first-order valence-corrected chi connectivity index (χ1v) is 6.38. The fraction of sp³-hybridized carbons (Fsp3) is 0.533. The molecule has 0 unspecified atom stereocenters. The van der Waals surface area contributed by atoms with Crippen molar-refractivity contribution in [3.05, 3.63) is 23.8 Å². The van der Waals surface area contributed by atoms with Crippen LogP contribution in [0.25, 0.3) is 0 Å². The molecular formula is C15H20O3. The van der Waals surface area contributed by atoms with Gasteiger partial charge in [-0.1, -0.05) is 20.8 Å². The van der Waals surface area contributed by atoms with E-state index in [9.17, 15) is 4.79 Å². The van der Waals surface area contributed by atoms with Crippen LogP contribution in [0, 0.1) is 5.41 Å². The Balaban J connectivity index is 2.07. The van der Waals surface area contributed by atoms with E-state index in [0.717, 1.165) is 12.2 Å². The normalized spacial score (nSPS) is 14.4. The second kappa shape index (κ2) is 5.01. The molecular weight excluding hydrogens is 228 g/mol. The lowest BCUT2D eigenvalue weighted by Crippen LogP contribution is -2.16. The van der Waals surface area contributed by atoms with Gasteiger partial charge in [0.2, 0.25) is 0 Å². The Bertz CT molecular complexity index is 444. The van der Waals surface area contributed by atoms with E-state index < -0.39 is 0 Å². The molecule has 98 valence electrons. The lowest BCUT2D eigenvalue weighted by molar-refractivity contribution is 0.0964. The van der Waals surface area contributed by atoms with Crippen LogP contribution >= 0.6 is 0 Å². The van der Waals surface area contributed by atoms with Crippen LogP contribution in [0.15, 0.2) is 18.2 Å². The highest BCUT2D eigenvalue weighted by molar-refractivity contribution is 5.96. The van der Waals surface area contributed by atoms with Gasteiger partial charge in [-0.05, 0) is 30.0 Å². The summed E-state index contributed by atoms with van der Waals surface area (Å²) in [7, 11) is 0. The zero-order valence-electron chi connectivity index (χ0n) is 11.3. The summed E-state index contributed by atoms with van der Waals surface area (Å²) in [6.07, 6.45) is 1.46. The molecule has 0 saturated carbocycles. The molecule has 18 heavy (non-hydrogen) atoms. The van der Waals surface area contributed by atoms with Crippen molar-refractivity contribution in [3.63, 3.8) is 0 Å². The number of carbonyl (C=O) groups is 1. The van der Waals surface area contributed by atoms with Crippen LogP contribution < -0.4 is 9.47 Å². The van der Waals surface area contributed by atoms with E-state index in [4.69, 9.17) is 9.47 Å². The number of Topliss-reactive ketones (excluding diaryl/α,β-unsaturated/α-hetero) is 1. The Morgan fingerprint density at radius 1 is 1.17 bits per heavy atom. The number of fused-ring (bicyclic) bond motifs is 1. The van der Waals surface area contributed by atoms with Crippen molar-refractivity contribution in [2.75, 3.05) is 13.2 Å². The average Bonchev–Trinajstić information content (AvgIpc) is 2.34. The minimum Gasteiger partial charge on any atom is -0.486 e. The van der Waals surface area contributed by atoms with Crippen molar-refractivity contribution < 1.29 is 14.3 Å². The summed E-state index contributed by atoms with van der Waals surface area (Å²) in [5.41, 5.74) is 0.896. The molecule has 0 spiro atoms. The predicted octanol–water partition coefficient (Wildman–Crippen LogP) is 3.47. The summed E-state index contributed by atoms with van der Waals surface area (Å²) >= 11 is 0. The molecule has 0 aromatic heterocycles. The molecule has 1 aliphatic heterocycles. The third kappa shape index (κ3) is 3.25. The largest absolute Gasteiger partial charge is 0.486 e. The first-order valence-electron chi connectivity index (χ1n) is 6.38. The number of benzene rings is 1. The predicted molar refractivity (Wildman–Crippen MR) is 70.5 cm³/mol. The molecule has 0 aliphatic carbocycles. The van der Waals surface area contributed by atoms with Crippen LogP contribution in [0.3, 0.4) is 0 Å². The van der Waals surface area contributed by atoms with Crippen molar-refractivity contribution in [3.8, 4) is 11.5 Å². The Morgan fingerprint density at radius 3 is 2.50 bits per heavy atom. The number of carbonyl (C=O) groups excluding carboxylic acids is 1. The fourth-order valence-corrected chi connectivity index (χ4v) is 1.85. The Morgan fingerprint density at radius 2 is 1.83 bits per heavy atom. The molecule has 0 amide bonds. The molecule has 0 radical (unpaired) electrons. The average molecular weight is 248 g/mol. The molecule has 2 rings (SSSR count). The lowest BCUT2D eigenvalue weighted by atomic mass is 9.88. The molecule has 1 aromatic rings. The van der Waals surface area contributed by atoms with Gasteiger partial charge in [0.25, 0.3) is 0 Å². The van der Waals surface area contributed by atoms with E-state index >= 15 is 0 Å². The van der Waals surface area contributed by atoms with Gasteiger partial charge in [0.15, 0.2) is 17.3 Å². The minimum atomic E-state index is 0.168.